The van der Waals surface area contributed by atoms with Crippen LogP contribution < -0.4 is 4.72 Å². The van der Waals surface area contributed by atoms with E-state index in [9.17, 15) is 13.2 Å². The summed E-state index contributed by atoms with van der Waals surface area (Å²) in [4.78, 5) is 11.5. The number of nitriles is 1. The topological polar surface area (TPSA) is 87.0 Å². The lowest BCUT2D eigenvalue weighted by atomic mass is 10.1. The first kappa shape index (κ1) is 13.7. The minimum atomic E-state index is -3.43. The van der Waals surface area contributed by atoms with Crippen molar-refractivity contribution in [1.82, 2.24) is 0 Å². The minimum Gasteiger partial charge on any atom is -0.293 e. The predicted molar refractivity (Wildman–Crippen MR) is 67.7 cm³/mol. The first-order chi connectivity index (χ1) is 7.85. The number of rotatable bonds is 4. The molecule has 7 heteroatoms. The van der Waals surface area contributed by atoms with Crippen molar-refractivity contribution in [2.75, 3.05) is 16.3 Å². The molecule has 1 aromatic carbocycles. The van der Waals surface area contributed by atoms with E-state index in [1.54, 1.807) is 0 Å². The fourth-order valence-corrected chi connectivity index (χ4v) is 2.07. The zero-order valence-corrected chi connectivity index (χ0v) is 11.3. The molecule has 0 fully saturated rings. The normalized spacial score (nSPS) is 10.6. The summed E-state index contributed by atoms with van der Waals surface area (Å²) in [6, 6.07) is 6.05. The lowest BCUT2D eigenvalue weighted by Gasteiger charge is -2.06. The van der Waals surface area contributed by atoms with Crippen molar-refractivity contribution < 1.29 is 13.2 Å². The highest BCUT2D eigenvalue weighted by atomic mass is 79.9. The molecular weight excluding hydrogens is 308 g/mol. The Morgan fingerprint density at radius 1 is 1.47 bits per heavy atom. The van der Waals surface area contributed by atoms with Gasteiger partial charge in [-0.15, -0.1) is 0 Å². The average Bonchev–Trinajstić information content (AvgIpc) is 2.25. The van der Waals surface area contributed by atoms with Crippen molar-refractivity contribution in [3.63, 3.8) is 0 Å². The molecule has 0 saturated carbocycles. The molecule has 0 atom stereocenters. The number of benzene rings is 1. The first-order valence-electron chi connectivity index (χ1n) is 4.48. The number of alkyl halides is 1. The summed E-state index contributed by atoms with van der Waals surface area (Å²) in [5.41, 5.74) is 0.714. The number of Topliss-reactive ketones (excluding diaryl/α,β-unsaturated/α-hetero) is 1. The van der Waals surface area contributed by atoms with Gasteiger partial charge < -0.3 is 0 Å². The Kier molecular flexibility index (Phi) is 4.26. The van der Waals surface area contributed by atoms with E-state index in [1.807, 2.05) is 6.07 Å². The predicted octanol–water partition coefficient (Wildman–Crippen LogP) is 1.51. The smallest absolute Gasteiger partial charge is 0.229 e. The number of halogens is 1. The van der Waals surface area contributed by atoms with E-state index in [-0.39, 0.29) is 27.9 Å². The minimum absolute atomic E-state index is 0.111. The van der Waals surface area contributed by atoms with Crippen LogP contribution >= 0.6 is 15.9 Å². The van der Waals surface area contributed by atoms with Gasteiger partial charge in [-0.3, -0.25) is 9.52 Å². The van der Waals surface area contributed by atoms with Crippen LogP contribution in [0.2, 0.25) is 0 Å². The highest BCUT2D eigenvalue weighted by Gasteiger charge is 2.09. The van der Waals surface area contributed by atoms with Crippen molar-refractivity contribution >= 4 is 37.4 Å². The maximum Gasteiger partial charge on any atom is 0.229 e. The van der Waals surface area contributed by atoms with Crippen LogP contribution in [0, 0.1) is 11.3 Å². The molecule has 0 aromatic heterocycles. The van der Waals surface area contributed by atoms with Crippen LogP contribution in [0.1, 0.15) is 15.9 Å². The summed E-state index contributed by atoms with van der Waals surface area (Å²) in [5.74, 6) is -0.223. The molecule has 0 saturated heterocycles. The molecule has 0 spiro atoms. The van der Waals surface area contributed by atoms with E-state index in [4.69, 9.17) is 5.26 Å². The third-order valence-corrected chi connectivity index (χ3v) is 2.92. The maximum absolute atomic E-state index is 11.5. The van der Waals surface area contributed by atoms with Gasteiger partial charge in [0, 0.05) is 5.56 Å². The number of hydrogen-bond donors (Lipinski definition) is 1. The quantitative estimate of drug-likeness (QED) is 0.673. The van der Waals surface area contributed by atoms with Gasteiger partial charge in [-0.2, -0.15) is 5.26 Å². The van der Waals surface area contributed by atoms with Gasteiger partial charge in [0.1, 0.15) is 0 Å². The van der Waals surface area contributed by atoms with E-state index in [0.717, 1.165) is 6.26 Å². The molecule has 0 bridgehead atoms. The molecular formula is C10H9BrN2O3S. The van der Waals surface area contributed by atoms with E-state index >= 15 is 0 Å². The van der Waals surface area contributed by atoms with Crippen molar-refractivity contribution in [1.29, 1.82) is 5.26 Å². The van der Waals surface area contributed by atoms with Crippen LogP contribution in [0.5, 0.6) is 0 Å². The second kappa shape index (κ2) is 5.29. The van der Waals surface area contributed by atoms with Gasteiger partial charge in [-0.25, -0.2) is 8.42 Å². The molecule has 1 rings (SSSR count). The van der Waals surface area contributed by atoms with Crippen molar-refractivity contribution in [3.8, 4) is 6.07 Å². The highest BCUT2D eigenvalue weighted by molar-refractivity contribution is 9.09. The summed E-state index contributed by atoms with van der Waals surface area (Å²) in [7, 11) is -3.43. The Bertz CT molecular complexity index is 590. The summed E-state index contributed by atoms with van der Waals surface area (Å²) in [6.45, 7) is 0. The van der Waals surface area contributed by atoms with Crippen molar-refractivity contribution in [2.24, 2.45) is 0 Å². The second-order valence-corrected chi connectivity index (χ2v) is 5.65. The number of carbonyl (C=O) groups excluding carboxylic acids is 1. The van der Waals surface area contributed by atoms with Crippen molar-refractivity contribution in [2.45, 2.75) is 0 Å². The molecule has 0 aliphatic heterocycles. The van der Waals surface area contributed by atoms with E-state index in [0.29, 0.717) is 0 Å². The average molecular weight is 317 g/mol. The van der Waals surface area contributed by atoms with Gasteiger partial charge in [0.2, 0.25) is 10.0 Å². The number of sulfonamides is 1. The highest BCUT2D eigenvalue weighted by Crippen LogP contribution is 2.16. The van der Waals surface area contributed by atoms with Crippen LogP contribution in [0.25, 0.3) is 0 Å². The molecule has 90 valence electrons. The van der Waals surface area contributed by atoms with E-state index < -0.39 is 10.0 Å². The molecule has 1 N–H and O–H groups in total. The largest absolute Gasteiger partial charge is 0.293 e. The van der Waals surface area contributed by atoms with Crippen molar-refractivity contribution in [3.05, 3.63) is 29.3 Å². The molecule has 0 unspecified atom stereocenters. The summed E-state index contributed by atoms with van der Waals surface area (Å²) in [5, 5.41) is 8.90. The van der Waals surface area contributed by atoms with Gasteiger partial charge in [0.05, 0.1) is 28.9 Å². The lowest BCUT2D eigenvalue weighted by molar-refractivity contribution is 0.102. The van der Waals surface area contributed by atoms with Gasteiger partial charge in [-0.05, 0) is 18.2 Å². The monoisotopic (exact) mass is 316 g/mol. The van der Waals surface area contributed by atoms with Gasteiger partial charge in [0.25, 0.3) is 0 Å². The molecule has 0 aliphatic carbocycles. The Labute approximate surface area is 108 Å². The number of carbonyl (C=O) groups is 1. The third-order valence-electron chi connectivity index (χ3n) is 1.81. The number of anilines is 1. The Morgan fingerprint density at radius 2 is 2.12 bits per heavy atom. The summed E-state index contributed by atoms with van der Waals surface area (Å²) < 4.78 is 24.4. The van der Waals surface area contributed by atoms with Crippen LogP contribution in [0.3, 0.4) is 0 Å². The SMILES string of the molecule is CS(=O)(=O)Nc1cc(C#N)cc(C(=O)CBr)c1. The summed E-state index contributed by atoms with van der Waals surface area (Å²) >= 11 is 3.01. The lowest BCUT2D eigenvalue weighted by Crippen LogP contribution is -2.11. The number of nitrogens with one attached hydrogen (secondary N) is 1. The van der Waals surface area contributed by atoms with E-state index in [1.165, 1.54) is 18.2 Å². The Morgan fingerprint density at radius 3 is 2.59 bits per heavy atom. The van der Waals surface area contributed by atoms with Crippen LogP contribution in [-0.4, -0.2) is 25.8 Å². The number of ketones is 1. The zero-order valence-electron chi connectivity index (χ0n) is 8.90. The Balaban J connectivity index is 3.24. The molecule has 17 heavy (non-hydrogen) atoms. The molecule has 5 nitrogen and oxygen atoms in total. The van der Waals surface area contributed by atoms with Crippen LogP contribution in [0.4, 0.5) is 5.69 Å². The van der Waals surface area contributed by atoms with Gasteiger partial charge in [-0.1, -0.05) is 15.9 Å². The second-order valence-electron chi connectivity index (χ2n) is 3.34. The molecule has 0 radical (unpaired) electrons. The fraction of sp³-hybridized carbons (Fsp3) is 0.200. The number of nitrogens with zero attached hydrogens (tertiary/aromatic N) is 1. The number of hydrogen-bond acceptors (Lipinski definition) is 4. The zero-order chi connectivity index (χ0) is 13.1. The third kappa shape index (κ3) is 4.17. The maximum atomic E-state index is 11.5. The molecule has 1 aromatic rings. The van der Waals surface area contributed by atoms with Crippen LogP contribution in [0.15, 0.2) is 18.2 Å². The standard InChI is InChI=1S/C10H9BrN2O3S/c1-17(15,16)13-9-3-7(6-12)2-8(4-9)10(14)5-11/h2-4,13H,5H2,1H3. The Hall–Kier alpha value is -1.39. The van der Waals surface area contributed by atoms with Crippen LogP contribution in [-0.2, 0) is 10.0 Å². The summed E-state index contributed by atoms with van der Waals surface area (Å²) in [6.07, 6.45) is 0.998. The van der Waals surface area contributed by atoms with Gasteiger partial charge in [0.15, 0.2) is 5.78 Å². The molecule has 0 aliphatic rings. The van der Waals surface area contributed by atoms with Gasteiger partial charge >= 0.3 is 0 Å². The fourth-order valence-electron chi connectivity index (χ4n) is 1.20. The molecule has 0 heterocycles. The first-order valence-corrected chi connectivity index (χ1v) is 7.49. The van der Waals surface area contributed by atoms with E-state index in [2.05, 4.69) is 20.7 Å². The molecule has 0 amide bonds.